The molecule has 0 radical (unpaired) electrons. The van der Waals surface area contributed by atoms with Gasteiger partial charge in [-0.1, -0.05) is 24.3 Å². The summed E-state index contributed by atoms with van der Waals surface area (Å²) in [6.07, 6.45) is 3.72. The maximum atomic E-state index is 13.1. The van der Waals surface area contributed by atoms with Crippen LogP contribution in [0, 0.1) is 11.8 Å². The lowest BCUT2D eigenvalue weighted by Crippen LogP contribution is -2.40. The molecule has 25 heavy (non-hydrogen) atoms. The number of amides is 2. The number of anilines is 1. The lowest BCUT2D eigenvalue weighted by Gasteiger charge is -2.26. The monoisotopic (exact) mass is 341 g/mol. The van der Waals surface area contributed by atoms with Crippen molar-refractivity contribution < 1.29 is 23.9 Å². The Morgan fingerprint density at radius 2 is 1.68 bits per heavy atom. The first kappa shape index (κ1) is 16.0. The molecule has 2 amide bonds. The molecule has 2 fully saturated rings. The second kappa shape index (κ2) is 5.02. The number of esters is 1. The third-order valence-corrected chi connectivity index (χ3v) is 5.37. The maximum absolute atomic E-state index is 13.1. The predicted octanol–water partition coefficient (Wildman–Crippen LogP) is 2.09. The van der Waals surface area contributed by atoms with Crippen LogP contribution in [0.1, 0.15) is 31.1 Å². The van der Waals surface area contributed by atoms with Crippen LogP contribution in [0.15, 0.2) is 36.4 Å². The number of fused-ring (bicyclic) bond motifs is 5. The molecule has 0 unspecified atom stereocenters. The van der Waals surface area contributed by atoms with Crippen LogP contribution in [0.2, 0.25) is 0 Å². The summed E-state index contributed by atoms with van der Waals surface area (Å²) >= 11 is 0. The smallest absolute Gasteiger partial charge is 0.340 e. The molecule has 0 N–H and O–H groups in total. The Bertz CT molecular complexity index is 795. The summed E-state index contributed by atoms with van der Waals surface area (Å²) in [6, 6.07) is 6.54. The second-order valence-electron chi connectivity index (χ2n) is 7.01. The van der Waals surface area contributed by atoms with Gasteiger partial charge < -0.3 is 9.47 Å². The van der Waals surface area contributed by atoms with Gasteiger partial charge in [0.05, 0.1) is 40.9 Å². The first-order valence-corrected chi connectivity index (χ1v) is 8.37. The van der Waals surface area contributed by atoms with Crippen molar-refractivity contribution in [2.24, 2.45) is 11.8 Å². The number of benzene rings is 1. The molecule has 1 aromatic carbocycles. The van der Waals surface area contributed by atoms with Crippen molar-refractivity contribution in [1.82, 2.24) is 0 Å². The SMILES string of the molecule is CCOC(=O)c1ccccc1N1C(=O)[C@@H]2[C@H](C1=O)[C@]1(C)C=C[C@]2(C)O1. The number of nitrogens with zero attached hydrogens (tertiary/aromatic N) is 1. The normalized spacial score (nSPS) is 35.4. The standard InChI is InChI=1S/C19H19NO5/c1-4-24-17(23)11-7-5-6-8-12(11)20-15(21)13-14(16(20)22)19(3)10-9-18(13,2)25-19/h5-10,13-14H,4H2,1-3H3/t13-,14+,18-,19-/m0/s1. The zero-order chi connectivity index (χ0) is 18.0. The largest absolute Gasteiger partial charge is 0.462 e. The number of hydrogen-bond donors (Lipinski definition) is 0. The molecular weight excluding hydrogens is 322 g/mol. The minimum absolute atomic E-state index is 0.211. The average Bonchev–Trinajstić information content (AvgIpc) is 3.12. The molecule has 6 heteroatoms. The minimum Gasteiger partial charge on any atom is -0.462 e. The summed E-state index contributed by atoms with van der Waals surface area (Å²) in [4.78, 5) is 39.6. The number of rotatable bonds is 3. The molecule has 2 saturated heterocycles. The van der Waals surface area contributed by atoms with Gasteiger partial charge in [0.1, 0.15) is 0 Å². The van der Waals surface area contributed by atoms with E-state index in [1.807, 2.05) is 26.0 Å². The number of carbonyl (C=O) groups is 3. The summed E-state index contributed by atoms with van der Waals surface area (Å²) in [5, 5.41) is 0. The highest BCUT2D eigenvalue weighted by molar-refractivity contribution is 6.25. The molecule has 0 aliphatic carbocycles. The highest BCUT2D eigenvalue weighted by atomic mass is 16.5. The van der Waals surface area contributed by atoms with Crippen molar-refractivity contribution in [3.05, 3.63) is 42.0 Å². The third kappa shape index (κ3) is 1.97. The van der Waals surface area contributed by atoms with E-state index in [-0.39, 0.29) is 29.7 Å². The average molecular weight is 341 g/mol. The van der Waals surface area contributed by atoms with Crippen molar-refractivity contribution in [2.45, 2.75) is 32.0 Å². The molecule has 4 rings (SSSR count). The molecule has 2 bridgehead atoms. The van der Waals surface area contributed by atoms with Gasteiger partial charge in [-0.25, -0.2) is 9.69 Å². The van der Waals surface area contributed by atoms with E-state index < -0.39 is 29.0 Å². The molecule has 1 aromatic rings. The number of hydrogen-bond acceptors (Lipinski definition) is 5. The minimum atomic E-state index is -0.792. The Kier molecular flexibility index (Phi) is 3.22. The van der Waals surface area contributed by atoms with Crippen LogP contribution < -0.4 is 4.90 Å². The maximum Gasteiger partial charge on any atom is 0.340 e. The molecule has 3 aliphatic rings. The van der Waals surface area contributed by atoms with Crippen molar-refractivity contribution in [1.29, 1.82) is 0 Å². The second-order valence-corrected chi connectivity index (χ2v) is 7.01. The number of para-hydroxylation sites is 1. The van der Waals surface area contributed by atoms with Gasteiger partial charge >= 0.3 is 5.97 Å². The van der Waals surface area contributed by atoms with E-state index in [4.69, 9.17) is 9.47 Å². The Morgan fingerprint density at radius 3 is 2.24 bits per heavy atom. The number of ether oxygens (including phenoxy) is 2. The number of imide groups is 1. The quantitative estimate of drug-likeness (QED) is 0.478. The van der Waals surface area contributed by atoms with E-state index in [2.05, 4.69) is 0 Å². The zero-order valence-corrected chi connectivity index (χ0v) is 14.3. The van der Waals surface area contributed by atoms with Crippen LogP contribution in [0.25, 0.3) is 0 Å². The van der Waals surface area contributed by atoms with Crippen LogP contribution in [0.5, 0.6) is 0 Å². The highest BCUT2D eigenvalue weighted by Gasteiger charge is 2.70. The van der Waals surface area contributed by atoms with Crippen LogP contribution in [-0.2, 0) is 19.1 Å². The van der Waals surface area contributed by atoms with Crippen molar-refractivity contribution >= 4 is 23.5 Å². The van der Waals surface area contributed by atoms with Crippen LogP contribution in [0.4, 0.5) is 5.69 Å². The fourth-order valence-electron chi connectivity index (χ4n) is 4.32. The molecular formula is C19H19NO5. The van der Waals surface area contributed by atoms with Crippen LogP contribution in [-0.4, -0.2) is 35.6 Å². The lowest BCUT2D eigenvalue weighted by molar-refractivity contribution is -0.128. The number of carbonyl (C=O) groups excluding carboxylic acids is 3. The Balaban J connectivity index is 1.79. The first-order valence-electron chi connectivity index (χ1n) is 8.37. The summed E-state index contributed by atoms with van der Waals surface area (Å²) in [7, 11) is 0. The Hall–Kier alpha value is -2.47. The topological polar surface area (TPSA) is 72.9 Å². The van der Waals surface area contributed by atoms with Crippen molar-refractivity contribution in [2.75, 3.05) is 11.5 Å². The van der Waals surface area contributed by atoms with Crippen molar-refractivity contribution in [3.63, 3.8) is 0 Å². The summed E-state index contributed by atoms with van der Waals surface area (Å²) in [6.45, 7) is 5.57. The Labute approximate surface area is 145 Å². The van der Waals surface area contributed by atoms with E-state index in [0.717, 1.165) is 4.90 Å². The fourth-order valence-corrected chi connectivity index (χ4v) is 4.32. The van der Waals surface area contributed by atoms with Crippen LogP contribution in [0.3, 0.4) is 0 Å². The third-order valence-electron chi connectivity index (χ3n) is 5.37. The first-order chi connectivity index (χ1) is 11.8. The van der Waals surface area contributed by atoms with Gasteiger partial charge in [0.2, 0.25) is 11.8 Å². The fraction of sp³-hybridized carbons (Fsp3) is 0.421. The van der Waals surface area contributed by atoms with E-state index in [0.29, 0.717) is 0 Å². The van der Waals surface area contributed by atoms with Gasteiger partial charge in [-0.3, -0.25) is 9.59 Å². The van der Waals surface area contributed by atoms with Gasteiger partial charge in [0, 0.05) is 0 Å². The van der Waals surface area contributed by atoms with E-state index in [9.17, 15) is 14.4 Å². The predicted molar refractivity (Wildman–Crippen MR) is 88.9 cm³/mol. The molecule has 130 valence electrons. The van der Waals surface area contributed by atoms with Gasteiger partial charge in [0.25, 0.3) is 0 Å². The van der Waals surface area contributed by atoms with Gasteiger partial charge in [-0.2, -0.15) is 0 Å². The molecule has 4 atom stereocenters. The summed E-state index contributed by atoms with van der Waals surface area (Å²) in [5.41, 5.74) is -1.10. The van der Waals surface area contributed by atoms with E-state index >= 15 is 0 Å². The summed E-state index contributed by atoms with van der Waals surface area (Å²) in [5.74, 6) is -2.37. The molecule has 3 aliphatic heterocycles. The molecule has 3 heterocycles. The summed E-state index contributed by atoms with van der Waals surface area (Å²) < 4.78 is 11.0. The zero-order valence-electron chi connectivity index (χ0n) is 14.3. The lowest BCUT2D eigenvalue weighted by atomic mass is 9.73. The molecule has 0 saturated carbocycles. The highest BCUT2D eigenvalue weighted by Crippen LogP contribution is 2.57. The molecule has 0 aromatic heterocycles. The van der Waals surface area contributed by atoms with E-state index in [1.54, 1.807) is 31.2 Å². The van der Waals surface area contributed by atoms with Gasteiger partial charge in [-0.05, 0) is 32.9 Å². The molecule has 0 spiro atoms. The van der Waals surface area contributed by atoms with Crippen LogP contribution >= 0.6 is 0 Å². The van der Waals surface area contributed by atoms with E-state index in [1.165, 1.54) is 0 Å². The Morgan fingerprint density at radius 1 is 1.12 bits per heavy atom. The molecule has 6 nitrogen and oxygen atoms in total. The van der Waals surface area contributed by atoms with Gasteiger partial charge in [0.15, 0.2) is 0 Å². The van der Waals surface area contributed by atoms with Crippen molar-refractivity contribution in [3.8, 4) is 0 Å². The van der Waals surface area contributed by atoms with Gasteiger partial charge in [-0.15, -0.1) is 0 Å².